The van der Waals surface area contributed by atoms with E-state index in [1.54, 1.807) is 31.6 Å². The SMILES string of the molecule is COc1ccc(C(C)=NNC(=O)CSc2nnc(-c3ccncc3)n2-c2ccc(Cl)cc2)cc1. The van der Waals surface area contributed by atoms with Gasteiger partial charge in [-0.25, -0.2) is 5.43 Å². The van der Waals surface area contributed by atoms with Crippen LogP contribution in [0.2, 0.25) is 5.02 Å². The molecule has 0 unspecified atom stereocenters. The molecule has 2 heterocycles. The van der Waals surface area contributed by atoms with E-state index in [2.05, 4.69) is 25.7 Å². The van der Waals surface area contributed by atoms with E-state index >= 15 is 0 Å². The van der Waals surface area contributed by atoms with Gasteiger partial charge in [-0.15, -0.1) is 10.2 Å². The van der Waals surface area contributed by atoms with Crippen LogP contribution in [0.1, 0.15) is 12.5 Å². The summed E-state index contributed by atoms with van der Waals surface area (Å²) in [7, 11) is 1.61. The third-order valence-electron chi connectivity index (χ3n) is 4.85. The Bertz CT molecular complexity index is 1290. The van der Waals surface area contributed by atoms with Crippen molar-refractivity contribution in [3.8, 4) is 22.8 Å². The fraction of sp³-hybridized carbons (Fsp3) is 0.125. The molecule has 2 aromatic heterocycles. The highest BCUT2D eigenvalue weighted by Crippen LogP contribution is 2.28. The molecule has 0 atom stereocenters. The summed E-state index contributed by atoms with van der Waals surface area (Å²) in [5.74, 6) is 1.25. The van der Waals surface area contributed by atoms with Crippen LogP contribution in [-0.4, -0.2) is 44.2 Å². The molecule has 0 saturated carbocycles. The largest absolute Gasteiger partial charge is 0.497 e. The monoisotopic (exact) mass is 492 g/mol. The lowest BCUT2D eigenvalue weighted by atomic mass is 10.1. The van der Waals surface area contributed by atoms with Crippen LogP contribution in [0.3, 0.4) is 0 Å². The third-order valence-corrected chi connectivity index (χ3v) is 6.03. The van der Waals surface area contributed by atoms with E-state index in [-0.39, 0.29) is 11.7 Å². The number of carbonyl (C=O) groups is 1. The van der Waals surface area contributed by atoms with Crippen LogP contribution in [0.25, 0.3) is 17.1 Å². The number of nitrogens with zero attached hydrogens (tertiary/aromatic N) is 5. The van der Waals surface area contributed by atoms with Gasteiger partial charge in [0.05, 0.1) is 18.6 Å². The summed E-state index contributed by atoms with van der Waals surface area (Å²) >= 11 is 7.33. The number of thioether (sulfide) groups is 1. The van der Waals surface area contributed by atoms with Crippen molar-refractivity contribution in [3.05, 3.63) is 83.6 Å². The lowest BCUT2D eigenvalue weighted by Crippen LogP contribution is -2.21. The molecule has 0 bridgehead atoms. The van der Waals surface area contributed by atoms with Crippen molar-refractivity contribution >= 4 is 35.0 Å². The van der Waals surface area contributed by atoms with E-state index in [9.17, 15) is 4.79 Å². The van der Waals surface area contributed by atoms with Gasteiger partial charge >= 0.3 is 0 Å². The van der Waals surface area contributed by atoms with Crippen LogP contribution < -0.4 is 10.2 Å². The minimum absolute atomic E-state index is 0.113. The lowest BCUT2D eigenvalue weighted by Gasteiger charge is -2.10. The van der Waals surface area contributed by atoms with Crippen LogP contribution >= 0.6 is 23.4 Å². The van der Waals surface area contributed by atoms with Gasteiger partial charge in [0.15, 0.2) is 11.0 Å². The molecule has 0 radical (unpaired) electrons. The number of benzene rings is 2. The molecule has 2 aromatic carbocycles. The van der Waals surface area contributed by atoms with Gasteiger partial charge in [0.25, 0.3) is 5.91 Å². The number of halogens is 1. The fourth-order valence-corrected chi connectivity index (χ4v) is 3.95. The first-order valence-electron chi connectivity index (χ1n) is 10.3. The van der Waals surface area contributed by atoms with Crippen molar-refractivity contribution in [1.82, 2.24) is 25.2 Å². The van der Waals surface area contributed by atoms with Crippen molar-refractivity contribution in [1.29, 1.82) is 0 Å². The molecule has 4 rings (SSSR count). The van der Waals surface area contributed by atoms with Gasteiger partial charge in [0.2, 0.25) is 0 Å². The molecule has 172 valence electrons. The van der Waals surface area contributed by atoms with Gasteiger partial charge in [-0.05, 0) is 73.2 Å². The predicted molar refractivity (Wildman–Crippen MR) is 134 cm³/mol. The Morgan fingerprint density at radius 1 is 1.06 bits per heavy atom. The fourth-order valence-electron chi connectivity index (χ4n) is 3.08. The molecule has 34 heavy (non-hydrogen) atoms. The van der Waals surface area contributed by atoms with Crippen molar-refractivity contribution in [2.75, 3.05) is 12.9 Å². The summed E-state index contributed by atoms with van der Waals surface area (Å²) in [6.07, 6.45) is 3.39. The first-order valence-corrected chi connectivity index (χ1v) is 11.6. The summed E-state index contributed by atoms with van der Waals surface area (Å²) < 4.78 is 7.05. The molecule has 8 nitrogen and oxygen atoms in total. The molecule has 1 N–H and O–H groups in total. The molecule has 0 spiro atoms. The van der Waals surface area contributed by atoms with Crippen molar-refractivity contribution in [3.63, 3.8) is 0 Å². The van der Waals surface area contributed by atoms with Crippen molar-refractivity contribution in [2.24, 2.45) is 5.10 Å². The normalized spacial score (nSPS) is 11.3. The maximum Gasteiger partial charge on any atom is 0.250 e. The van der Waals surface area contributed by atoms with E-state index in [0.717, 1.165) is 22.6 Å². The summed E-state index contributed by atoms with van der Waals surface area (Å²) in [5, 5.41) is 14.1. The zero-order valence-corrected chi connectivity index (χ0v) is 20.0. The molecule has 4 aromatic rings. The van der Waals surface area contributed by atoms with Crippen LogP contribution in [0.4, 0.5) is 0 Å². The van der Waals surface area contributed by atoms with Gasteiger partial charge in [0.1, 0.15) is 5.75 Å². The second-order valence-corrected chi connectivity index (χ2v) is 8.48. The molecule has 0 saturated heterocycles. The van der Waals surface area contributed by atoms with Gasteiger partial charge < -0.3 is 4.74 Å². The van der Waals surface area contributed by atoms with E-state index in [1.165, 1.54) is 11.8 Å². The van der Waals surface area contributed by atoms with Gasteiger partial charge in [0, 0.05) is 28.7 Å². The average molecular weight is 493 g/mol. The average Bonchev–Trinajstić information content (AvgIpc) is 3.31. The van der Waals surface area contributed by atoms with E-state index < -0.39 is 0 Å². The minimum Gasteiger partial charge on any atom is -0.497 e. The maximum absolute atomic E-state index is 12.5. The highest BCUT2D eigenvalue weighted by Gasteiger charge is 2.17. The highest BCUT2D eigenvalue weighted by atomic mass is 35.5. The number of hydrazone groups is 1. The van der Waals surface area contributed by atoms with Gasteiger partial charge in [-0.2, -0.15) is 5.10 Å². The number of aromatic nitrogens is 4. The molecular formula is C24H21ClN6O2S. The highest BCUT2D eigenvalue weighted by molar-refractivity contribution is 7.99. The molecular weight excluding hydrogens is 472 g/mol. The van der Waals surface area contributed by atoms with Crippen LogP contribution in [0.15, 0.2) is 83.3 Å². The smallest absolute Gasteiger partial charge is 0.250 e. The number of amides is 1. The molecule has 0 aliphatic rings. The molecule has 0 aliphatic heterocycles. The third kappa shape index (κ3) is 5.62. The van der Waals surface area contributed by atoms with E-state index in [1.807, 2.05) is 60.0 Å². The van der Waals surface area contributed by atoms with E-state index in [0.29, 0.717) is 21.7 Å². The van der Waals surface area contributed by atoms with Gasteiger partial charge in [-0.1, -0.05) is 23.4 Å². The Morgan fingerprint density at radius 2 is 1.76 bits per heavy atom. The topological polar surface area (TPSA) is 94.3 Å². The summed E-state index contributed by atoms with van der Waals surface area (Å²) in [6, 6.07) is 18.5. The zero-order valence-electron chi connectivity index (χ0n) is 18.5. The minimum atomic E-state index is -0.256. The second-order valence-electron chi connectivity index (χ2n) is 7.10. The standard InChI is InChI=1S/C24H21ClN6O2S/c1-16(17-3-9-21(33-2)10-4-17)27-28-22(32)15-34-24-30-29-23(18-11-13-26-14-12-18)31(24)20-7-5-19(25)6-8-20/h3-14H,15H2,1-2H3,(H,28,32). The number of hydrogen-bond donors (Lipinski definition) is 1. The Morgan fingerprint density at radius 3 is 2.44 bits per heavy atom. The van der Waals surface area contributed by atoms with Crippen LogP contribution in [0.5, 0.6) is 5.75 Å². The number of ether oxygens (including phenoxy) is 1. The van der Waals surface area contributed by atoms with E-state index in [4.69, 9.17) is 16.3 Å². The zero-order chi connectivity index (χ0) is 23.9. The number of hydrogen-bond acceptors (Lipinski definition) is 7. The Labute approximate surface area is 206 Å². The van der Waals surface area contributed by atoms with Crippen LogP contribution in [-0.2, 0) is 4.79 Å². The van der Waals surface area contributed by atoms with Crippen molar-refractivity contribution in [2.45, 2.75) is 12.1 Å². The predicted octanol–water partition coefficient (Wildman–Crippen LogP) is 4.62. The Kier molecular flexibility index (Phi) is 7.56. The molecule has 10 heteroatoms. The first kappa shape index (κ1) is 23.5. The summed E-state index contributed by atoms with van der Waals surface area (Å²) in [4.78, 5) is 16.5. The number of rotatable bonds is 8. The Hall–Kier alpha value is -3.69. The van der Waals surface area contributed by atoms with Crippen LogP contribution in [0, 0.1) is 0 Å². The quantitative estimate of drug-likeness (QED) is 0.219. The maximum atomic E-state index is 12.5. The summed E-state index contributed by atoms with van der Waals surface area (Å²) in [5.41, 5.74) is 5.86. The number of pyridine rings is 1. The number of nitrogens with one attached hydrogen (secondary N) is 1. The molecule has 0 aliphatic carbocycles. The van der Waals surface area contributed by atoms with Gasteiger partial charge in [-0.3, -0.25) is 14.3 Å². The molecule has 0 fully saturated rings. The summed E-state index contributed by atoms with van der Waals surface area (Å²) in [6.45, 7) is 1.83. The van der Waals surface area contributed by atoms with Crippen molar-refractivity contribution < 1.29 is 9.53 Å². The number of methoxy groups -OCH3 is 1. The Balaban J connectivity index is 1.49. The second kappa shape index (κ2) is 11.0. The number of carbonyl (C=O) groups excluding carboxylic acids is 1. The molecule has 1 amide bonds. The first-order chi connectivity index (χ1) is 16.5. The lowest BCUT2D eigenvalue weighted by molar-refractivity contribution is -0.118.